The summed E-state index contributed by atoms with van der Waals surface area (Å²) in [6.07, 6.45) is 0.492. The maximum Gasteiger partial charge on any atom is 0.248 e. The van der Waals surface area contributed by atoms with Gasteiger partial charge >= 0.3 is 0 Å². The predicted octanol–water partition coefficient (Wildman–Crippen LogP) is 0.567. The fourth-order valence-electron chi connectivity index (χ4n) is 1.56. The Bertz CT molecular complexity index is 447. The van der Waals surface area contributed by atoms with Gasteiger partial charge in [0.05, 0.1) is 17.0 Å². The summed E-state index contributed by atoms with van der Waals surface area (Å²) in [6, 6.07) is 4.74. The van der Waals surface area contributed by atoms with Crippen molar-refractivity contribution in [3.05, 3.63) is 23.8 Å². The molecule has 0 aliphatic heterocycles. The van der Waals surface area contributed by atoms with E-state index < -0.39 is 11.5 Å². The van der Waals surface area contributed by atoms with Gasteiger partial charge in [0, 0.05) is 32.2 Å². The van der Waals surface area contributed by atoms with Gasteiger partial charge in [0.25, 0.3) is 0 Å². The van der Waals surface area contributed by atoms with Crippen LogP contribution in [0.1, 0.15) is 23.7 Å². The second-order valence-corrected chi connectivity index (χ2v) is 4.76. The standard InChI is InChI=1S/C13H21N3O3/c1-13(18,5-6-19-2)8-16-11-7-9(12(15)17)3-4-10(11)14/h3-4,7,16,18H,5-6,8,14H2,1-2H3,(H2,15,17). The van der Waals surface area contributed by atoms with Crippen LogP contribution in [0, 0.1) is 0 Å². The van der Waals surface area contributed by atoms with Crippen LogP contribution >= 0.6 is 0 Å². The van der Waals surface area contributed by atoms with Crippen LogP contribution < -0.4 is 16.8 Å². The molecule has 1 rings (SSSR count). The Balaban J connectivity index is 2.71. The van der Waals surface area contributed by atoms with Crippen molar-refractivity contribution < 1.29 is 14.6 Å². The van der Waals surface area contributed by atoms with E-state index in [-0.39, 0.29) is 0 Å². The highest BCUT2D eigenvalue weighted by Crippen LogP contribution is 2.21. The second kappa shape index (κ2) is 6.40. The number of aliphatic hydroxyl groups is 1. The van der Waals surface area contributed by atoms with Crippen molar-refractivity contribution in [2.24, 2.45) is 5.73 Å². The van der Waals surface area contributed by atoms with Gasteiger partial charge in [0.1, 0.15) is 0 Å². The highest BCUT2D eigenvalue weighted by Gasteiger charge is 2.20. The van der Waals surface area contributed by atoms with Gasteiger partial charge in [-0.25, -0.2) is 0 Å². The number of carbonyl (C=O) groups is 1. The van der Waals surface area contributed by atoms with Crippen LogP contribution in [0.5, 0.6) is 0 Å². The molecule has 1 aromatic rings. The average molecular weight is 267 g/mol. The van der Waals surface area contributed by atoms with Gasteiger partial charge in [-0.2, -0.15) is 0 Å². The first-order valence-corrected chi connectivity index (χ1v) is 6.00. The van der Waals surface area contributed by atoms with Crippen molar-refractivity contribution in [1.82, 2.24) is 0 Å². The summed E-state index contributed by atoms with van der Waals surface area (Å²) < 4.78 is 4.93. The number of hydrogen-bond donors (Lipinski definition) is 4. The minimum absolute atomic E-state index is 0.294. The van der Waals surface area contributed by atoms with Crippen LogP contribution in [-0.2, 0) is 4.74 Å². The van der Waals surface area contributed by atoms with Crippen molar-refractivity contribution in [2.45, 2.75) is 18.9 Å². The maximum atomic E-state index is 11.1. The summed E-state index contributed by atoms with van der Waals surface area (Å²) in [5, 5.41) is 13.1. The molecule has 0 spiro atoms. The average Bonchev–Trinajstić information content (AvgIpc) is 2.35. The van der Waals surface area contributed by atoms with Crippen LogP contribution in [-0.4, -0.2) is 36.9 Å². The van der Waals surface area contributed by atoms with Crippen LogP contribution in [0.2, 0.25) is 0 Å². The van der Waals surface area contributed by atoms with Crippen LogP contribution in [0.3, 0.4) is 0 Å². The minimum Gasteiger partial charge on any atom is -0.397 e. The third-order valence-electron chi connectivity index (χ3n) is 2.84. The molecule has 0 aliphatic carbocycles. The first kappa shape index (κ1) is 15.3. The molecule has 6 heteroatoms. The fourth-order valence-corrected chi connectivity index (χ4v) is 1.56. The number of carbonyl (C=O) groups excluding carboxylic acids is 1. The predicted molar refractivity (Wildman–Crippen MR) is 75.0 cm³/mol. The first-order chi connectivity index (χ1) is 8.85. The number of primary amides is 1. The molecule has 0 aliphatic rings. The van der Waals surface area contributed by atoms with E-state index in [1.807, 2.05) is 0 Å². The number of amides is 1. The molecule has 6 nitrogen and oxygen atoms in total. The molecular weight excluding hydrogens is 246 g/mol. The molecule has 0 radical (unpaired) electrons. The quantitative estimate of drug-likeness (QED) is 0.540. The lowest BCUT2D eigenvalue weighted by Gasteiger charge is -2.24. The van der Waals surface area contributed by atoms with E-state index in [0.29, 0.717) is 36.5 Å². The summed E-state index contributed by atoms with van der Waals surface area (Å²) in [5.74, 6) is -0.519. The maximum absolute atomic E-state index is 11.1. The number of anilines is 2. The number of nitrogens with two attached hydrogens (primary N) is 2. The molecule has 0 saturated heterocycles. The van der Waals surface area contributed by atoms with Gasteiger partial charge in [-0.05, 0) is 25.1 Å². The van der Waals surface area contributed by atoms with Crippen molar-refractivity contribution in [3.8, 4) is 0 Å². The van der Waals surface area contributed by atoms with Gasteiger partial charge in [-0.3, -0.25) is 4.79 Å². The van der Waals surface area contributed by atoms with Gasteiger partial charge in [-0.15, -0.1) is 0 Å². The number of methoxy groups -OCH3 is 1. The van der Waals surface area contributed by atoms with Crippen molar-refractivity contribution >= 4 is 17.3 Å². The highest BCUT2D eigenvalue weighted by atomic mass is 16.5. The normalized spacial score (nSPS) is 13.8. The van der Waals surface area contributed by atoms with Gasteiger partial charge in [-0.1, -0.05) is 0 Å². The first-order valence-electron chi connectivity index (χ1n) is 6.00. The molecule has 1 aromatic carbocycles. The summed E-state index contributed by atoms with van der Waals surface area (Å²) in [6.45, 7) is 2.46. The molecule has 19 heavy (non-hydrogen) atoms. The van der Waals surface area contributed by atoms with E-state index in [1.54, 1.807) is 32.2 Å². The number of ether oxygens (including phenoxy) is 1. The van der Waals surface area contributed by atoms with Crippen molar-refractivity contribution in [3.63, 3.8) is 0 Å². The van der Waals surface area contributed by atoms with E-state index in [0.717, 1.165) is 0 Å². The second-order valence-electron chi connectivity index (χ2n) is 4.76. The van der Waals surface area contributed by atoms with Crippen molar-refractivity contribution in [1.29, 1.82) is 0 Å². The number of hydrogen-bond acceptors (Lipinski definition) is 5. The molecular formula is C13H21N3O3. The molecule has 1 atom stereocenters. The van der Waals surface area contributed by atoms with Crippen LogP contribution in [0.25, 0.3) is 0 Å². The molecule has 0 heterocycles. The zero-order valence-electron chi connectivity index (χ0n) is 11.3. The third kappa shape index (κ3) is 4.76. The molecule has 0 bridgehead atoms. The van der Waals surface area contributed by atoms with Gasteiger partial charge in [0.2, 0.25) is 5.91 Å². The largest absolute Gasteiger partial charge is 0.397 e. The van der Waals surface area contributed by atoms with E-state index in [2.05, 4.69) is 5.32 Å². The molecule has 1 unspecified atom stereocenters. The SMILES string of the molecule is COCCC(C)(O)CNc1cc(C(N)=O)ccc1N. The Morgan fingerprint density at radius 1 is 1.53 bits per heavy atom. The molecule has 1 amide bonds. The molecule has 6 N–H and O–H groups in total. The monoisotopic (exact) mass is 267 g/mol. The summed E-state index contributed by atoms with van der Waals surface area (Å²) >= 11 is 0. The number of nitrogen functional groups attached to an aromatic ring is 1. The number of rotatable bonds is 7. The molecule has 0 saturated carbocycles. The van der Waals surface area contributed by atoms with Crippen LogP contribution in [0.4, 0.5) is 11.4 Å². The smallest absolute Gasteiger partial charge is 0.248 e. The Morgan fingerprint density at radius 3 is 2.79 bits per heavy atom. The Hall–Kier alpha value is -1.79. The Morgan fingerprint density at radius 2 is 2.21 bits per heavy atom. The lowest BCUT2D eigenvalue weighted by atomic mass is 10.0. The molecule has 0 aromatic heterocycles. The topological polar surface area (TPSA) is 111 Å². The molecule has 106 valence electrons. The van der Waals surface area contributed by atoms with Gasteiger partial charge < -0.3 is 26.6 Å². The summed E-state index contributed by atoms with van der Waals surface area (Å²) in [5.41, 5.74) is 11.5. The van der Waals surface area contributed by atoms with E-state index in [1.165, 1.54) is 0 Å². The minimum atomic E-state index is -0.925. The number of benzene rings is 1. The van der Waals surface area contributed by atoms with E-state index >= 15 is 0 Å². The zero-order chi connectivity index (χ0) is 14.5. The van der Waals surface area contributed by atoms with E-state index in [4.69, 9.17) is 16.2 Å². The lowest BCUT2D eigenvalue weighted by molar-refractivity contribution is 0.0358. The Kier molecular flexibility index (Phi) is 5.14. The fraction of sp³-hybridized carbons (Fsp3) is 0.462. The van der Waals surface area contributed by atoms with Crippen molar-refractivity contribution in [2.75, 3.05) is 31.3 Å². The Labute approximate surface area is 112 Å². The summed E-state index contributed by atoms with van der Waals surface area (Å²) in [7, 11) is 1.58. The van der Waals surface area contributed by atoms with Crippen LogP contribution in [0.15, 0.2) is 18.2 Å². The van der Waals surface area contributed by atoms with E-state index in [9.17, 15) is 9.90 Å². The molecule has 0 fully saturated rings. The summed E-state index contributed by atoms with van der Waals surface area (Å²) in [4.78, 5) is 11.1. The lowest BCUT2D eigenvalue weighted by Crippen LogP contribution is -2.34. The highest BCUT2D eigenvalue weighted by molar-refractivity contribution is 5.94. The third-order valence-corrected chi connectivity index (χ3v) is 2.84. The van der Waals surface area contributed by atoms with Gasteiger partial charge in [0.15, 0.2) is 0 Å². The zero-order valence-corrected chi connectivity index (χ0v) is 11.3. The number of nitrogens with one attached hydrogen (secondary N) is 1.